The van der Waals surface area contributed by atoms with Crippen LogP contribution < -0.4 is 0 Å². The van der Waals surface area contributed by atoms with Crippen LogP contribution in [0.25, 0.3) is 0 Å². The van der Waals surface area contributed by atoms with Gasteiger partial charge in [0.2, 0.25) is 0 Å². The summed E-state index contributed by atoms with van der Waals surface area (Å²) in [6, 6.07) is 3.66. The van der Waals surface area contributed by atoms with E-state index in [2.05, 4.69) is 11.9 Å². The summed E-state index contributed by atoms with van der Waals surface area (Å²) in [5.74, 6) is 1.42. The van der Waals surface area contributed by atoms with Crippen LogP contribution in [0.15, 0.2) is 24.5 Å². The van der Waals surface area contributed by atoms with Gasteiger partial charge in [-0.25, -0.2) is 0 Å². The van der Waals surface area contributed by atoms with E-state index in [0.29, 0.717) is 5.78 Å². The van der Waals surface area contributed by atoms with Crippen molar-refractivity contribution in [3.63, 3.8) is 0 Å². The number of nitrogens with zero attached hydrogens (tertiary/aromatic N) is 1. The predicted octanol–water partition coefficient (Wildman–Crippen LogP) is 3.48. The molecule has 0 unspecified atom stereocenters. The van der Waals surface area contributed by atoms with E-state index >= 15 is 0 Å². The molecule has 1 saturated carbocycles. The summed E-state index contributed by atoms with van der Waals surface area (Å²) >= 11 is 0. The molecule has 2 nitrogen and oxygen atoms in total. The average Bonchev–Trinajstić information content (AvgIpc) is 2.39. The van der Waals surface area contributed by atoms with Gasteiger partial charge in [0.1, 0.15) is 0 Å². The van der Waals surface area contributed by atoms with Crippen molar-refractivity contribution < 1.29 is 4.79 Å². The number of ketones is 1. The fraction of sp³-hybridized carbons (Fsp3) is 0.571. The lowest BCUT2D eigenvalue weighted by atomic mass is 9.78. The zero-order chi connectivity index (χ0) is 11.4. The Kier molecular flexibility index (Phi) is 3.70. The summed E-state index contributed by atoms with van der Waals surface area (Å²) in [4.78, 5) is 16.1. The molecule has 0 N–H and O–H groups in total. The third-order valence-corrected chi connectivity index (χ3v) is 3.76. The molecule has 0 saturated heterocycles. The lowest BCUT2D eigenvalue weighted by molar-refractivity contribution is 0.0871. The van der Waals surface area contributed by atoms with E-state index in [-0.39, 0.29) is 5.92 Å². The summed E-state index contributed by atoms with van der Waals surface area (Å²) in [5, 5.41) is 0. The van der Waals surface area contributed by atoms with Crippen molar-refractivity contribution in [1.29, 1.82) is 0 Å². The standard InChI is InChI=1S/C14H19NO/c1-2-11-3-5-12(6-4-11)14(16)13-7-9-15-10-8-13/h7-12H,2-6H2,1H3. The smallest absolute Gasteiger partial charge is 0.166 e. The largest absolute Gasteiger partial charge is 0.294 e. The summed E-state index contributed by atoms with van der Waals surface area (Å²) in [6.45, 7) is 2.25. The molecule has 2 rings (SSSR count). The minimum absolute atomic E-state index is 0.255. The van der Waals surface area contributed by atoms with Gasteiger partial charge in [0.05, 0.1) is 0 Å². The van der Waals surface area contributed by atoms with Gasteiger partial charge in [-0.3, -0.25) is 9.78 Å². The van der Waals surface area contributed by atoms with Crippen LogP contribution in [0.5, 0.6) is 0 Å². The van der Waals surface area contributed by atoms with Gasteiger partial charge in [-0.05, 0) is 43.7 Å². The Labute approximate surface area is 97.1 Å². The fourth-order valence-electron chi connectivity index (χ4n) is 2.58. The van der Waals surface area contributed by atoms with E-state index < -0.39 is 0 Å². The molecule has 1 fully saturated rings. The molecule has 0 aromatic carbocycles. The van der Waals surface area contributed by atoms with Crippen molar-refractivity contribution in [2.24, 2.45) is 11.8 Å². The van der Waals surface area contributed by atoms with Gasteiger partial charge in [-0.1, -0.05) is 13.3 Å². The third kappa shape index (κ3) is 2.49. The van der Waals surface area contributed by atoms with Gasteiger partial charge in [0, 0.05) is 23.9 Å². The minimum atomic E-state index is 0.255. The summed E-state index contributed by atoms with van der Waals surface area (Å²) in [7, 11) is 0. The van der Waals surface area contributed by atoms with Crippen molar-refractivity contribution in [2.45, 2.75) is 39.0 Å². The summed E-state index contributed by atoms with van der Waals surface area (Å²) in [6.07, 6.45) is 9.24. The lowest BCUT2D eigenvalue weighted by Crippen LogP contribution is -2.21. The van der Waals surface area contributed by atoms with Crippen LogP contribution in [0.1, 0.15) is 49.4 Å². The molecule has 0 bridgehead atoms. The topological polar surface area (TPSA) is 30.0 Å². The molecule has 0 amide bonds. The fourth-order valence-corrected chi connectivity index (χ4v) is 2.58. The quantitative estimate of drug-likeness (QED) is 0.725. The number of aromatic nitrogens is 1. The summed E-state index contributed by atoms with van der Waals surface area (Å²) in [5.41, 5.74) is 0.829. The molecule has 86 valence electrons. The van der Waals surface area contributed by atoms with Crippen molar-refractivity contribution in [3.8, 4) is 0 Å². The first-order valence-corrected chi connectivity index (χ1v) is 6.25. The Bertz CT molecular complexity index is 339. The minimum Gasteiger partial charge on any atom is -0.294 e. The van der Waals surface area contributed by atoms with Crippen LogP contribution in [0.2, 0.25) is 0 Å². The van der Waals surface area contributed by atoms with E-state index in [0.717, 1.165) is 24.3 Å². The van der Waals surface area contributed by atoms with Crippen LogP contribution in [0.4, 0.5) is 0 Å². The maximum Gasteiger partial charge on any atom is 0.166 e. The molecule has 2 heteroatoms. The molecule has 1 aromatic heterocycles. The molecule has 1 aliphatic carbocycles. The van der Waals surface area contributed by atoms with Crippen molar-refractivity contribution >= 4 is 5.78 Å². The first kappa shape index (κ1) is 11.3. The Morgan fingerprint density at radius 1 is 1.25 bits per heavy atom. The predicted molar refractivity (Wildman–Crippen MR) is 64.3 cm³/mol. The first-order chi connectivity index (χ1) is 7.81. The van der Waals surface area contributed by atoms with Gasteiger partial charge >= 0.3 is 0 Å². The van der Waals surface area contributed by atoms with Gasteiger partial charge in [-0.2, -0.15) is 0 Å². The zero-order valence-corrected chi connectivity index (χ0v) is 9.86. The molecule has 0 aliphatic heterocycles. The number of hydrogen-bond acceptors (Lipinski definition) is 2. The van der Waals surface area contributed by atoms with Crippen molar-refractivity contribution in [3.05, 3.63) is 30.1 Å². The number of rotatable bonds is 3. The third-order valence-electron chi connectivity index (χ3n) is 3.76. The second kappa shape index (κ2) is 5.24. The van der Waals surface area contributed by atoms with E-state index in [1.54, 1.807) is 12.4 Å². The maximum absolute atomic E-state index is 12.2. The molecule has 1 aliphatic rings. The molecular weight excluding hydrogens is 198 g/mol. The maximum atomic E-state index is 12.2. The highest BCUT2D eigenvalue weighted by molar-refractivity contribution is 5.97. The average molecular weight is 217 g/mol. The lowest BCUT2D eigenvalue weighted by Gasteiger charge is -2.26. The number of hydrogen-bond donors (Lipinski definition) is 0. The van der Waals surface area contributed by atoms with Crippen LogP contribution in [-0.2, 0) is 0 Å². The molecule has 0 radical (unpaired) electrons. The SMILES string of the molecule is CCC1CCC(C(=O)c2ccncc2)CC1. The highest BCUT2D eigenvalue weighted by Gasteiger charge is 2.25. The molecule has 16 heavy (non-hydrogen) atoms. The van der Waals surface area contributed by atoms with Crippen molar-refractivity contribution in [1.82, 2.24) is 4.98 Å². The Morgan fingerprint density at radius 2 is 1.88 bits per heavy atom. The highest BCUT2D eigenvalue weighted by Crippen LogP contribution is 2.32. The van der Waals surface area contributed by atoms with Gasteiger partial charge in [0.25, 0.3) is 0 Å². The van der Waals surface area contributed by atoms with Gasteiger partial charge in [0.15, 0.2) is 5.78 Å². The number of Topliss-reactive ketones (excluding diaryl/α,β-unsaturated/α-hetero) is 1. The van der Waals surface area contributed by atoms with E-state index in [4.69, 9.17) is 0 Å². The Balaban J connectivity index is 1.97. The molecule has 1 heterocycles. The van der Waals surface area contributed by atoms with Crippen LogP contribution >= 0.6 is 0 Å². The van der Waals surface area contributed by atoms with E-state index in [1.165, 1.54) is 19.3 Å². The molecule has 1 aromatic rings. The molecular formula is C14H19NO. The highest BCUT2D eigenvalue weighted by atomic mass is 16.1. The number of carbonyl (C=O) groups is 1. The summed E-state index contributed by atoms with van der Waals surface area (Å²) < 4.78 is 0. The monoisotopic (exact) mass is 217 g/mol. The molecule has 0 atom stereocenters. The van der Waals surface area contributed by atoms with E-state index in [1.807, 2.05) is 12.1 Å². The first-order valence-electron chi connectivity index (χ1n) is 6.25. The Morgan fingerprint density at radius 3 is 2.44 bits per heavy atom. The number of pyridine rings is 1. The second-order valence-corrected chi connectivity index (χ2v) is 4.73. The van der Waals surface area contributed by atoms with Crippen LogP contribution in [0, 0.1) is 11.8 Å². The van der Waals surface area contributed by atoms with Crippen LogP contribution in [0.3, 0.4) is 0 Å². The molecule has 0 spiro atoms. The number of carbonyl (C=O) groups excluding carboxylic acids is 1. The second-order valence-electron chi connectivity index (χ2n) is 4.73. The van der Waals surface area contributed by atoms with Gasteiger partial charge < -0.3 is 0 Å². The van der Waals surface area contributed by atoms with Gasteiger partial charge in [-0.15, -0.1) is 0 Å². The van der Waals surface area contributed by atoms with Crippen LogP contribution in [-0.4, -0.2) is 10.8 Å². The normalized spacial score (nSPS) is 25.3. The Hall–Kier alpha value is -1.18. The van der Waals surface area contributed by atoms with Crippen molar-refractivity contribution in [2.75, 3.05) is 0 Å². The van der Waals surface area contributed by atoms with E-state index in [9.17, 15) is 4.79 Å². The zero-order valence-electron chi connectivity index (χ0n) is 9.86.